The summed E-state index contributed by atoms with van der Waals surface area (Å²) >= 11 is 3.27. The van der Waals surface area contributed by atoms with Crippen LogP contribution in [0.3, 0.4) is 0 Å². The van der Waals surface area contributed by atoms with Crippen LogP contribution in [0.4, 0.5) is 5.69 Å². The smallest absolute Gasteiger partial charge is 0.389 e. The monoisotopic (exact) mass is 232 g/mol. The molecule has 0 unspecified atom stereocenters. The number of benzene rings is 1. The van der Waals surface area contributed by atoms with E-state index < -0.39 is 0 Å². The maximum Gasteiger partial charge on any atom is 0.389 e. The minimum Gasteiger partial charge on any atom is -1.00 e. The van der Waals surface area contributed by atoms with Crippen molar-refractivity contribution in [3.05, 3.63) is 33.2 Å². The molecule has 58 valence electrons. The van der Waals surface area contributed by atoms with Crippen molar-refractivity contribution in [3.8, 4) is 0 Å². The molecule has 0 spiro atoms. The first kappa shape index (κ1) is 10.4. The van der Waals surface area contributed by atoms with Gasteiger partial charge in [-0.15, -0.1) is 0 Å². The first-order valence-corrected chi connectivity index (χ1v) is 3.64. The van der Waals surface area contributed by atoms with E-state index in [0.717, 1.165) is 10.0 Å². The Hall–Kier alpha value is -0.590. The average molecular weight is 233 g/mol. The number of hydrogen-bond donors (Lipinski definition) is 0. The number of diazo groups is 1. The number of nitrogens with zero attached hydrogens (tertiary/aromatic N) is 2. The quantitative estimate of drug-likeness (QED) is 0.590. The zero-order chi connectivity index (χ0) is 7.56. The molecule has 0 aliphatic carbocycles. The third kappa shape index (κ3) is 2.49. The van der Waals surface area contributed by atoms with Crippen LogP contribution < -0.4 is 12.4 Å². The standard InChI is InChI=1S/C7H6BrN2.ClH/c1-5-2-3-6(8)4-7(5)10-9;/h2-4H,1H3;1H/q+1;/p-1. The van der Waals surface area contributed by atoms with Crippen LogP contribution in [-0.4, -0.2) is 0 Å². The SMILES string of the molecule is Cc1ccc(Br)cc1[N+]#N.[Cl-]. The number of aryl methyl sites for hydroxylation is 1. The third-order valence-electron chi connectivity index (χ3n) is 1.28. The molecule has 0 aliphatic heterocycles. The van der Waals surface area contributed by atoms with Crippen LogP contribution in [0, 0.1) is 12.3 Å². The van der Waals surface area contributed by atoms with Gasteiger partial charge in [0, 0.05) is 16.1 Å². The van der Waals surface area contributed by atoms with Crippen molar-refractivity contribution in [1.82, 2.24) is 0 Å². The molecule has 4 heteroatoms. The zero-order valence-electron chi connectivity index (χ0n) is 5.88. The first-order valence-electron chi connectivity index (χ1n) is 2.85. The number of halogens is 2. The first-order chi connectivity index (χ1) is 4.74. The summed E-state index contributed by atoms with van der Waals surface area (Å²) in [6, 6.07) is 5.55. The fourth-order valence-electron chi connectivity index (χ4n) is 0.690. The Morgan fingerprint density at radius 1 is 1.45 bits per heavy atom. The van der Waals surface area contributed by atoms with Gasteiger partial charge in [-0.1, -0.05) is 22.0 Å². The maximum absolute atomic E-state index is 8.45. The van der Waals surface area contributed by atoms with E-state index in [4.69, 9.17) is 5.39 Å². The molecule has 1 aromatic rings. The van der Waals surface area contributed by atoms with Crippen molar-refractivity contribution in [2.24, 2.45) is 0 Å². The molecule has 0 bridgehead atoms. The van der Waals surface area contributed by atoms with Crippen molar-refractivity contribution in [2.75, 3.05) is 0 Å². The topological polar surface area (TPSA) is 28.1 Å². The van der Waals surface area contributed by atoms with E-state index in [1.54, 1.807) is 6.07 Å². The highest BCUT2D eigenvalue weighted by atomic mass is 79.9. The molecule has 0 N–H and O–H groups in total. The Labute approximate surface area is 79.8 Å². The largest absolute Gasteiger partial charge is 1.00 e. The minimum absolute atomic E-state index is 0. The van der Waals surface area contributed by atoms with Gasteiger partial charge in [-0.3, -0.25) is 0 Å². The van der Waals surface area contributed by atoms with Crippen LogP contribution in [0.1, 0.15) is 5.56 Å². The summed E-state index contributed by atoms with van der Waals surface area (Å²) in [5.41, 5.74) is 1.57. The van der Waals surface area contributed by atoms with E-state index >= 15 is 0 Å². The maximum atomic E-state index is 8.45. The minimum atomic E-state index is 0. The Morgan fingerprint density at radius 3 is 2.55 bits per heavy atom. The normalized spacial score (nSPS) is 8.09. The van der Waals surface area contributed by atoms with Crippen LogP contribution in [0.5, 0.6) is 0 Å². The summed E-state index contributed by atoms with van der Waals surface area (Å²) in [7, 11) is 0. The van der Waals surface area contributed by atoms with Gasteiger partial charge in [0.05, 0.1) is 0 Å². The van der Waals surface area contributed by atoms with Gasteiger partial charge in [0.15, 0.2) is 4.98 Å². The second-order valence-corrected chi connectivity index (χ2v) is 2.95. The van der Waals surface area contributed by atoms with Gasteiger partial charge in [0.1, 0.15) is 0 Å². The molecule has 2 nitrogen and oxygen atoms in total. The van der Waals surface area contributed by atoms with Crippen molar-refractivity contribution in [2.45, 2.75) is 6.92 Å². The highest BCUT2D eigenvalue weighted by Gasteiger charge is 2.08. The Bertz CT molecular complexity index is 293. The molecule has 1 rings (SSSR count). The summed E-state index contributed by atoms with van der Waals surface area (Å²) in [5, 5.41) is 8.45. The lowest BCUT2D eigenvalue weighted by Gasteiger charge is -1.86. The lowest BCUT2D eigenvalue weighted by molar-refractivity contribution is -0.00000221. The van der Waals surface area contributed by atoms with Gasteiger partial charge in [0.2, 0.25) is 5.39 Å². The molecule has 1 aromatic carbocycles. The molecular weight excluding hydrogens is 227 g/mol. The summed E-state index contributed by atoms with van der Waals surface area (Å²) in [6.07, 6.45) is 0. The van der Waals surface area contributed by atoms with Gasteiger partial charge < -0.3 is 12.4 Å². The molecule has 0 aliphatic rings. The van der Waals surface area contributed by atoms with Crippen LogP contribution in [-0.2, 0) is 0 Å². The molecular formula is C7H6BrClN2. The van der Waals surface area contributed by atoms with E-state index in [1.165, 1.54) is 0 Å². The van der Waals surface area contributed by atoms with Gasteiger partial charge in [-0.25, -0.2) is 0 Å². The van der Waals surface area contributed by atoms with Crippen molar-refractivity contribution in [1.29, 1.82) is 5.39 Å². The second-order valence-electron chi connectivity index (χ2n) is 2.03. The molecule has 11 heavy (non-hydrogen) atoms. The Morgan fingerprint density at radius 2 is 2.09 bits per heavy atom. The lowest BCUT2D eigenvalue weighted by Crippen LogP contribution is -3.00. The van der Waals surface area contributed by atoms with Crippen LogP contribution in [0.2, 0.25) is 0 Å². The molecule has 0 aromatic heterocycles. The summed E-state index contributed by atoms with van der Waals surface area (Å²) in [4.78, 5) is 3.10. The van der Waals surface area contributed by atoms with Crippen LogP contribution >= 0.6 is 15.9 Å². The molecule has 0 heterocycles. The average Bonchev–Trinajstić information content (AvgIpc) is 1.94. The summed E-state index contributed by atoms with van der Waals surface area (Å²) in [6.45, 7) is 1.89. The highest BCUT2D eigenvalue weighted by Crippen LogP contribution is 2.22. The van der Waals surface area contributed by atoms with E-state index in [0.29, 0.717) is 5.69 Å². The molecule has 0 amide bonds. The van der Waals surface area contributed by atoms with E-state index in [9.17, 15) is 0 Å². The van der Waals surface area contributed by atoms with Gasteiger partial charge in [0.25, 0.3) is 0 Å². The van der Waals surface area contributed by atoms with Gasteiger partial charge in [-0.05, 0) is 13.0 Å². The summed E-state index contributed by atoms with van der Waals surface area (Å²) in [5.74, 6) is 0. The molecule has 0 radical (unpaired) electrons. The lowest BCUT2D eigenvalue weighted by atomic mass is 10.2. The number of hydrogen-bond acceptors (Lipinski definition) is 1. The Kier molecular flexibility index (Phi) is 4.09. The summed E-state index contributed by atoms with van der Waals surface area (Å²) < 4.78 is 0.922. The van der Waals surface area contributed by atoms with E-state index in [-0.39, 0.29) is 12.4 Å². The van der Waals surface area contributed by atoms with Crippen molar-refractivity contribution >= 4 is 21.6 Å². The zero-order valence-corrected chi connectivity index (χ0v) is 8.22. The highest BCUT2D eigenvalue weighted by molar-refractivity contribution is 9.10. The van der Waals surface area contributed by atoms with E-state index in [2.05, 4.69) is 20.9 Å². The van der Waals surface area contributed by atoms with Gasteiger partial charge in [-0.2, -0.15) is 0 Å². The Balaban J connectivity index is 0.000001000. The van der Waals surface area contributed by atoms with E-state index in [1.807, 2.05) is 19.1 Å². The van der Waals surface area contributed by atoms with Crippen molar-refractivity contribution < 1.29 is 12.4 Å². The van der Waals surface area contributed by atoms with Crippen LogP contribution in [0.25, 0.3) is 4.98 Å². The van der Waals surface area contributed by atoms with Gasteiger partial charge >= 0.3 is 5.69 Å². The molecule has 0 saturated carbocycles. The van der Waals surface area contributed by atoms with Crippen LogP contribution in [0.15, 0.2) is 22.7 Å². The predicted molar refractivity (Wildman–Crippen MR) is 43.6 cm³/mol. The third-order valence-corrected chi connectivity index (χ3v) is 1.77. The molecule has 0 fully saturated rings. The molecule has 0 saturated heterocycles. The fourth-order valence-corrected chi connectivity index (χ4v) is 1.04. The fraction of sp³-hybridized carbons (Fsp3) is 0.143. The number of rotatable bonds is 0. The van der Waals surface area contributed by atoms with Crippen molar-refractivity contribution in [3.63, 3.8) is 0 Å². The molecule has 0 atom stereocenters. The predicted octanol–water partition coefficient (Wildman–Crippen LogP) is 0.246. The second kappa shape index (κ2) is 4.32.